The Labute approximate surface area is 146 Å². The summed E-state index contributed by atoms with van der Waals surface area (Å²) in [7, 11) is 0. The summed E-state index contributed by atoms with van der Waals surface area (Å²) in [6, 6.07) is 6.90. The minimum atomic E-state index is -1.07. The van der Waals surface area contributed by atoms with E-state index in [-0.39, 0.29) is 11.4 Å². The number of ether oxygens (including phenoxy) is 1. The zero-order valence-corrected chi connectivity index (χ0v) is 14.4. The van der Waals surface area contributed by atoms with E-state index >= 15 is 0 Å². The van der Waals surface area contributed by atoms with Gasteiger partial charge in [0, 0.05) is 22.4 Å². The Hall–Kier alpha value is -1.93. The van der Waals surface area contributed by atoms with Crippen LogP contribution in [0.2, 0.25) is 0 Å². The molecule has 2 aromatic rings. The van der Waals surface area contributed by atoms with E-state index in [1.165, 1.54) is 24.8 Å². The molecule has 2 rings (SSSR count). The van der Waals surface area contributed by atoms with Gasteiger partial charge in [0.25, 0.3) is 5.91 Å². The van der Waals surface area contributed by atoms with Gasteiger partial charge in [-0.1, -0.05) is 6.07 Å². The predicted molar refractivity (Wildman–Crippen MR) is 91.0 cm³/mol. The van der Waals surface area contributed by atoms with Crippen LogP contribution in [0.1, 0.15) is 11.8 Å². The van der Waals surface area contributed by atoms with Crippen LogP contribution in [0.3, 0.4) is 0 Å². The largest absolute Gasteiger partial charge is 0.452 e. The fourth-order valence-electron chi connectivity index (χ4n) is 1.73. The first-order valence-electron chi connectivity index (χ1n) is 7.01. The third kappa shape index (κ3) is 5.61. The maximum Gasteiger partial charge on any atom is 0.316 e. The van der Waals surface area contributed by atoms with Gasteiger partial charge >= 0.3 is 5.97 Å². The van der Waals surface area contributed by atoms with Crippen molar-refractivity contribution in [1.29, 1.82) is 0 Å². The number of rotatable bonds is 7. The van der Waals surface area contributed by atoms with Gasteiger partial charge in [-0.15, -0.1) is 23.1 Å². The zero-order valence-electron chi connectivity index (χ0n) is 12.8. The van der Waals surface area contributed by atoms with E-state index in [1.807, 2.05) is 17.5 Å². The first-order chi connectivity index (χ1) is 11.5. The van der Waals surface area contributed by atoms with Crippen LogP contribution in [0.5, 0.6) is 0 Å². The van der Waals surface area contributed by atoms with E-state index in [1.54, 1.807) is 11.3 Å². The Morgan fingerprint density at radius 1 is 1.29 bits per heavy atom. The molecule has 0 fully saturated rings. The standard InChI is InChI=1S/C16H15F2NO3S2/c1-10(16(21)19-11-4-5-13(17)14(18)7-11)22-15(20)9-23-8-12-3-2-6-24-12/h2-7,10H,8-9H2,1H3,(H,19,21)/t10-/m1/s1. The third-order valence-corrected chi connectivity index (χ3v) is 4.92. The van der Waals surface area contributed by atoms with E-state index in [0.717, 1.165) is 17.0 Å². The van der Waals surface area contributed by atoms with Gasteiger partial charge in [-0.25, -0.2) is 8.78 Å². The van der Waals surface area contributed by atoms with Crippen LogP contribution in [0.4, 0.5) is 14.5 Å². The monoisotopic (exact) mass is 371 g/mol. The van der Waals surface area contributed by atoms with Gasteiger partial charge in [0.15, 0.2) is 17.7 Å². The molecule has 0 radical (unpaired) electrons. The SMILES string of the molecule is C[C@@H](OC(=O)CSCc1cccs1)C(=O)Nc1ccc(F)c(F)c1. The lowest BCUT2D eigenvalue weighted by molar-refractivity contribution is -0.150. The number of benzene rings is 1. The van der Waals surface area contributed by atoms with E-state index in [9.17, 15) is 18.4 Å². The average molecular weight is 371 g/mol. The van der Waals surface area contributed by atoms with Gasteiger partial charge in [-0.05, 0) is 30.5 Å². The maximum atomic E-state index is 13.1. The van der Waals surface area contributed by atoms with Crippen LogP contribution in [0.25, 0.3) is 0 Å². The van der Waals surface area contributed by atoms with Gasteiger partial charge < -0.3 is 10.1 Å². The predicted octanol–water partition coefficient (Wildman–Crippen LogP) is 3.83. The van der Waals surface area contributed by atoms with Crippen LogP contribution in [-0.4, -0.2) is 23.7 Å². The Morgan fingerprint density at radius 2 is 2.08 bits per heavy atom. The molecule has 128 valence electrons. The topological polar surface area (TPSA) is 55.4 Å². The number of thiophene rings is 1. The van der Waals surface area contributed by atoms with Crippen molar-refractivity contribution in [2.75, 3.05) is 11.1 Å². The van der Waals surface area contributed by atoms with Crippen molar-refractivity contribution in [2.24, 2.45) is 0 Å². The van der Waals surface area contributed by atoms with Crippen molar-refractivity contribution in [1.82, 2.24) is 0 Å². The zero-order chi connectivity index (χ0) is 17.5. The Balaban J connectivity index is 1.75. The molecule has 0 saturated heterocycles. The van der Waals surface area contributed by atoms with Gasteiger partial charge in [0.2, 0.25) is 0 Å². The second-order valence-electron chi connectivity index (χ2n) is 4.82. The summed E-state index contributed by atoms with van der Waals surface area (Å²) >= 11 is 3.00. The second-order valence-corrected chi connectivity index (χ2v) is 6.84. The molecule has 1 aromatic heterocycles. The normalized spacial score (nSPS) is 11.8. The van der Waals surface area contributed by atoms with Crippen molar-refractivity contribution < 1.29 is 23.1 Å². The quantitative estimate of drug-likeness (QED) is 0.752. The Kier molecular flexibility index (Phi) is 6.74. The number of anilines is 1. The number of hydrogen-bond acceptors (Lipinski definition) is 5. The minimum absolute atomic E-state index is 0.0915. The fourth-order valence-corrected chi connectivity index (χ4v) is 3.38. The summed E-state index contributed by atoms with van der Waals surface area (Å²) in [5, 5.41) is 4.32. The fraction of sp³-hybridized carbons (Fsp3) is 0.250. The van der Waals surface area contributed by atoms with Crippen LogP contribution in [-0.2, 0) is 20.1 Å². The number of halogens is 2. The highest BCUT2D eigenvalue weighted by molar-refractivity contribution is 7.99. The lowest BCUT2D eigenvalue weighted by atomic mass is 10.3. The number of amides is 1. The van der Waals surface area contributed by atoms with E-state index in [0.29, 0.717) is 5.75 Å². The number of hydrogen-bond donors (Lipinski definition) is 1. The average Bonchev–Trinajstić information content (AvgIpc) is 3.04. The van der Waals surface area contributed by atoms with Crippen molar-refractivity contribution in [3.05, 3.63) is 52.2 Å². The molecule has 8 heteroatoms. The molecule has 0 saturated carbocycles. The molecule has 0 aliphatic heterocycles. The number of thioether (sulfide) groups is 1. The first-order valence-corrected chi connectivity index (χ1v) is 9.04. The highest BCUT2D eigenvalue weighted by Gasteiger charge is 2.18. The molecule has 1 atom stereocenters. The summed E-state index contributed by atoms with van der Waals surface area (Å²) in [6.07, 6.45) is -1.03. The summed E-state index contributed by atoms with van der Waals surface area (Å²) in [5.74, 6) is -2.37. The van der Waals surface area contributed by atoms with Crippen molar-refractivity contribution in [3.63, 3.8) is 0 Å². The molecule has 1 amide bonds. The highest BCUT2D eigenvalue weighted by Crippen LogP contribution is 2.17. The maximum absolute atomic E-state index is 13.1. The molecule has 1 aromatic carbocycles. The summed E-state index contributed by atoms with van der Waals surface area (Å²) in [6.45, 7) is 1.41. The molecule has 0 aliphatic carbocycles. The molecular formula is C16H15F2NO3S2. The van der Waals surface area contributed by atoms with Crippen molar-refractivity contribution >= 4 is 40.7 Å². The summed E-state index contributed by atoms with van der Waals surface area (Å²) in [5.41, 5.74) is 0.0915. The molecule has 0 spiro atoms. The molecule has 4 nitrogen and oxygen atoms in total. The smallest absolute Gasteiger partial charge is 0.316 e. The van der Waals surface area contributed by atoms with Crippen LogP contribution in [0.15, 0.2) is 35.7 Å². The van der Waals surface area contributed by atoms with E-state index in [4.69, 9.17) is 4.74 Å². The third-order valence-electron chi connectivity index (χ3n) is 2.91. The van der Waals surface area contributed by atoms with Crippen LogP contribution >= 0.6 is 23.1 Å². The number of carbonyl (C=O) groups is 2. The molecule has 1 N–H and O–H groups in total. The Morgan fingerprint density at radius 3 is 2.75 bits per heavy atom. The lowest BCUT2D eigenvalue weighted by Crippen LogP contribution is -2.30. The van der Waals surface area contributed by atoms with E-state index < -0.39 is 29.6 Å². The number of carbonyl (C=O) groups excluding carboxylic acids is 2. The minimum Gasteiger partial charge on any atom is -0.452 e. The van der Waals surface area contributed by atoms with Gasteiger partial charge in [0.05, 0.1) is 5.75 Å². The summed E-state index contributed by atoms with van der Waals surface area (Å²) in [4.78, 5) is 24.8. The summed E-state index contributed by atoms with van der Waals surface area (Å²) < 4.78 is 30.9. The van der Waals surface area contributed by atoms with E-state index in [2.05, 4.69) is 5.32 Å². The molecule has 24 heavy (non-hydrogen) atoms. The number of esters is 1. The van der Waals surface area contributed by atoms with Gasteiger partial charge in [-0.3, -0.25) is 9.59 Å². The first kappa shape index (κ1) is 18.4. The number of nitrogens with one attached hydrogen (secondary N) is 1. The van der Waals surface area contributed by atoms with Crippen molar-refractivity contribution in [3.8, 4) is 0 Å². The molecule has 0 aliphatic rings. The van der Waals surface area contributed by atoms with Crippen molar-refractivity contribution in [2.45, 2.75) is 18.8 Å². The molecule has 1 heterocycles. The lowest BCUT2D eigenvalue weighted by Gasteiger charge is -2.13. The van der Waals surface area contributed by atoms with Gasteiger partial charge in [0.1, 0.15) is 0 Å². The Bertz CT molecular complexity index is 707. The van der Waals surface area contributed by atoms with Crippen LogP contribution < -0.4 is 5.32 Å². The molecule has 0 bridgehead atoms. The second kappa shape index (κ2) is 8.79. The van der Waals surface area contributed by atoms with Crippen LogP contribution in [0, 0.1) is 11.6 Å². The van der Waals surface area contributed by atoms with Gasteiger partial charge in [-0.2, -0.15) is 0 Å². The molecule has 0 unspecified atom stereocenters. The molecular weight excluding hydrogens is 356 g/mol. The highest BCUT2D eigenvalue weighted by atomic mass is 32.2.